The molecule has 2 aliphatic heterocycles. The first-order valence-electron chi connectivity index (χ1n) is 9.65. The van der Waals surface area contributed by atoms with Gasteiger partial charge < -0.3 is 15.4 Å². The van der Waals surface area contributed by atoms with Gasteiger partial charge in [0.15, 0.2) is 6.10 Å². The van der Waals surface area contributed by atoms with E-state index in [2.05, 4.69) is 25.6 Å². The number of pyridine rings is 1. The van der Waals surface area contributed by atoms with E-state index in [0.717, 1.165) is 16.7 Å². The van der Waals surface area contributed by atoms with Gasteiger partial charge in [0.05, 0.1) is 13.2 Å². The van der Waals surface area contributed by atoms with Gasteiger partial charge in [-0.05, 0) is 23.6 Å². The third-order valence-electron chi connectivity index (χ3n) is 4.84. The first kappa shape index (κ1) is 19.9. The number of amides is 2. The fourth-order valence-electron chi connectivity index (χ4n) is 3.16. The number of anilines is 1. The quantitative estimate of drug-likeness (QED) is 0.754. The normalized spacial score (nSPS) is 18.7. The minimum atomic E-state index is -0.501. The number of nitrogens with zero attached hydrogens (tertiary/aromatic N) is 4. The van der Waals surface area contributed by atoms with Crippen LogP contribution in [0.15, 0.2) is 30.7 Å². The van der Waals surface area contributed by atoms with Gasteiger partial charge in [0.1, 0.15) is 5.69 Å². The maximum absolute atomic E-state index is 12.0. The van der Waals surface area contributed by atoms with Gasteiger partial charge in [-0.2, -0.15) is 5.06 Å². The summed E-state index contributed by atoms with van der Waals surface area (Å²) in [5.74, 6) is 0.0797. The van der Waals surface area contributed by atoms with Crippen LogP contribution >= 0.6 is 0 Å². The highest BCUT2D eigenvalue weighted by Crippen LogP contribution is 2.29. The average Bonchev–Trinajstić information content (AvgIpc) is 2.78. The molecule has 1 atom stereocenters. The second kappa shape index (κ2) is 8.56. The lowest BCUT2D eigenvalue weighted by Crippen LogP contribution is -2.37. The van der Waals surface area contributed by atoms with Crippen molar-refractivity contribution in [3.63, 3.8) is 0 Å². The molecule has 2 amide bonds. The van der Waals surface area contributed by atoms with Crippen LogP contribution in [0.4, 0.5) is 5.69 Å². The smallest absolute Gasteiger partial charge is 0.288 e. The molecule has 0 aromatic carbocycles. The molecule has 0 saturated heterocycles. The monoisotopic (exact) mass is 410 g/mol. The Hall–Kier alpha value is -3.37. The molecule has 0 bridgehead atoms. The second-order valence-electron chi connectivity index (χ2n) is 6.90. The molecule has 0 spiro atoms. The molecule has 10 nitrogen and oxygen atoms in total. The molecule has 2 aliphatic rings. The topological polar surface area (TPSA) is 119 Å². The standard InChI is InChI=1S/C20H22N6O4/c1-3-16-18(27)25-15-6-12(7-24-20(15)30-16)10-26-5-4-13(11-29-26)14-8-22-17(23-9-14)19(28)21-2/h4,6-9,16H,3,5,10-11H2,1-2H3,(H,21,28)(H,25,27). The third-order valence-corrected chi connectivity index (χ3v) is 4.84. The first-order valence-corrected chi connectivity index (χ1v) is 9.65. The molecule has 0 radical (unpaired) electrons. The van der Waals surface area contributed by atoms with Crippen LogP contribution in [0.2, 0.25) is 0 Å². The minimum absolute atomic E-state index is 0.126. The van der Waals surface area contributed by atoms with Crippen molar-refractivity contribution in [3.8, 4) is 5.88 Å². The lowest BCUT2D eigenvalue weighted by atomic mass is 10.1. The number of hydrogen-bond donors (Lipinski definition) is 2. The highest BCUT2D eigenvalue weighted by molar-refractivity contribution is 5.97. The summed E-state index contributed by atoms with van der Waals surface area (Å²) in [6.45, 7) is 3.31. The first-order chi connectivity index (χ1) is 14.6. The van der Waals surface area contributed by atoms with Crippen molar-refractivity contribution in [1.29, 1.82) is 0 Å². The summed E-state index contributed by atoms with van der Waals surface area (Å²) < 4.78 is 5.62. The number of hydroxylamine groups is 2. The fraction of sp³-hybridized carbons (Fsp3) is 0.350. The Morgan fingerprint density at radius 2 is 2.10 bits per heavy atom. The molecule has 4 heterocycles. The van der Waals surface area contributed by atoms with Gasteiger partial charge in [0.2, 0.25) is 11.7 Å². The third kappa shape index (κ3) is 4.14. The zero-order valence-electron chi connectivity index (χ0n) is 16.7. The van der Waals surface area contributed by atoms with E-state index in [9.17, 15) is 9.59 Å². The van der Waals surface area contributed by atoms with Crippen molar-refractivity contribution in [2.24, 2.45) is 0 Å². The van der Waals surface area contributed by atoms with E-state index in [1.807, 2.05) is 19.1 Å². The molecule has 1 unspecified atom stereocenters. The van der Waals surface area contributed by atoms with Gasteiger partial charge in [0.25, 0.3) is 11.8 Å². The second-order valence-corrected chi connectivity index (χ2v) is 6.90. The summed E-state index contributed by atoms with van der Waals surface area (Å²) in [4.78, 5) is 41.9. The Morgan fingerprint density at radius 3 is 2.77 bits per heavy atom. The number of hydrogen-bond acceptors (Lipinski definition) is 8. The van der Waals surface area contributed by atoms with Crippen molar-refractivity contribution < 1.29 is 19.2 Å². The molecule has 0 aliphatic carbocycles. The van der Waals surface area contributed by atoms with Crippen LogP contribution in [0.3, 0.4) is 0 Å². The Bertz CT molecular complexity index is 991. The Kier molecular flexibility index (Phi) is 5.68. The Morgan fingerprint density at radius 1 is 1.30 bits per heavy atom. The van der Waals surface area contributed by atoms with E-state index in [-0.39, 0.29) is 17.6 Å². The van der Waals surface area contributed by atoms with E-state index >= 15 is 0 Å². The average molecular weight is 410 g/mol. The van der Waals surface area contributed by atoms with Crippen molar-refractivity contribution in [2.45, 2.75) is 26.0 Å². The van der Waals surface area contributed by atoms with E-state index in [4.69, 9.17) is 9.57 Å². The van der Waals surface area contributed by atoms with E-state index in [1.54, 1.807) is 23.7 Å². The predicted molar refractivity (Wildman–Crippen MR) is 107 cm³/mol. The van der Waals surface area contributed by atoms with Crippen LogP contribution in [0.5, 0.6) is 5.88 Å². The van der Waals surface area contributed by atoms with Crippen LogP contribution in [0.25, 0.3) is 5.57 Å². The van der Waals surface area contributed by atoms with Crippen LogP contribution < -0.4 is 15.4 Å². The molecular formula is C20H22N6O4. The number of carbonyl (C=O) groups excluding carboxylic acids is 2. The Balaban J connectivity index is 1.39. The summed E-state index contributed by atoms with van der Waals surface area (Å²) in [7, 11) is 1.53. The van der Waals surface area contributed by atoms with Crippen LogP contribution in [0, 0.1) is 0 Å². The molecule has 2 aromatic heterocycles. The van der Waals surface area contributed by atoms with Crippen LogP contribution in [-0.2, 0) is 16.2 Å². The summed E-state index contributed by atoms with van der Waals surface area (Å²) >= 11 is 0. The number of carbonyl (C=O) groups is 2. The summed E-state index contributed by atoms with van der Waals surface area (Å²) in [6.07, 6.45) is 7.06. The zero-order valence-corrected chi connectivity index (χ0v) is 16.7. The van der Waals surface area contributed by atoms with Gasteiger partial charge in [-0.3, -0.25) is 14.4 Å². The van der Waals surface area contributed by atoms with E-state index < -0.39 is 6.10 Å². The number of nitrogens with one attached hydrogen (secondary N) is 2. The number of ether oxygens (including phenoxy) is 1. The minimum Gasteiger partial charge on any atom is -0.463 e. The van der Waals surface area contributed by atoms with Gasteiger partial charge in [-0.15, -0.1) is 0 Å². The summed E-state index contributed by atoms with van der Waals surface area (Å²) in [5, 5.41) is 7.13. The molecule has 4 rings (SSSR count). The SMILES string of the molecule is CCC1Oc2ncc(CN3CC=C(c4cnc(C(=O)NC)nc4)CO3)cc2NC1=O. The van der Waals surface area contributed by atoms with Crippen LogP contribution in [0.1, 0.15) is 35.1 Å². The molecule has 10 heteroatoms. The van der Waals surface area contributed by atoms with Gasteiger partial charge >= 0.3 is 0 Å². The predicted octanol–water partition coefficient (Wildman–Crippen LogP) is 1.17. The molecule has 30 heavy (non-hydrogen) atoms. The van der Waals surface area contributed by atoms with Gasteiger partial charge in [-0.1, -0.05) is 13.0 Å². The highest BCUT2D eigenvalue weighted by atomic mass is 16.7. The lowest BCUT2D eigenvalue weighted by Gasteiger charge is -2.27. The van der Waals surface area contributed by atoms with E-state index in [1.165, 1.54) is 7.05 Å². The largest absolute Gasteiger partial charge is 0.463 e. The molecule has 0 saturated carbocycles. The van der Waals surface area contributed by atoms with E-state index in [0.29, 0.717) is 37.7 Å². The maximum atomic E-state index is 12.0. The summed E-state index contributed by atoms with van der Waals surface area (Å²) in [5.41, 5.74) is 3.22. The Labute approximate surface area is 173 Å². The van der Waals surface area contributed by atoms with Crippen molar-refractivity contribution in [2.75, 3.05) is 25.5 Å². The fourth-order valence-corrected chi connectivity index (χ4v) is 3.16. The molecule has 0 fully saturated rings. The lowest BCUT2D eigenvalue weighted by molar-refractivity contribution is -0.150. The number of rotatable bonds is 5. The van der Waals surface area contributed by atoms with Crippen molar-refractivity contribution >= 4 is 23.1 Å². The molecule has 156 valence electrons. The summed E-state index contributed by atoms with van der Waals surface area (Å²) in [6, 6.07) is 1.85. The molecule has 2 N–H and O–H groups in total. The molecule has 2 aromatic rings. The van der Waals surface area contributed by atoms with Gasteiger partial charge in [-0.25, -0.2) is 15.0 Å². The van der Waals surface area contributed by atoms with Gasteiger partial charge in [0, 0.05) is 37.7 Å². The number of fused-ring (bicyclic) bond motifs is 1. The van der Waals surface area contributed by atoms with Crippen molar-refractivity contribution in [3.05, 3.63) is 47.7 Å². The molecular weight excluding hydrogens is 388 g/mol. The highest BCUT2D eigenvalue weighted by Gasteiger charge is 2.27. The van der Waals surface area contributed by atoms with Crippen LogP contribution in [-0.4, -0.2) is 58.1 Å². The number of aromatic nitrogens is 3. The van der Waals surface area contributed by atoms with Crippen molar-refractivity contribution in [1.82, 2.24) is 25.3 Å². The maximum Gasteiger partial charge on any atom is 0.288 e. The zero-order chi connectivity index (χ0) is 21.1.